The molecule has 0 bridgehead atoms. The number of nitrogens with two attached hydrogens (primary N) is 3. The normalized spacial score (nSPS) is 11.4. The molecule has 0 heterocycles. The van der Waals surface area contributed by atoms with E-state index in [2.05, 4.69) is 4.99 Å². The summed E-state index contributed by atoms with van der Waals surface area (Å²) in [7, 11) is 3.14. The lowest BCUT2D eigenvalue weighted by molar-refractivity contribution is 0.370. The van der Waals surface area contributed by atoms with Crippen LogP contribution in [0.25, 0.3) is 0 Å². The van der Waals surface area contributed by atoms with Crippen molar-refractivity contribution in [3.8, 4) is 0 Å². The van der Waals surface area contributed by atoms with E-state index >= 15 is 0 Å². The molecule has 0 rings (SSSR count). The van der Waals surface area contributed by atoms with Crippen LogP contribution in [0.4, 0.5) is 0 Å². The number of nitrogens with zero attached hydrogens (tertiary/aromatic N) is 3. The Kier molecular flexibility index (Phi) is 2.93. The molecule has 0 aliphatic rings. The average molecular weight is 132 g/mol. The van der Waals surface area contributed by atoms with Crippen LogP contribution >= 0.6 is 0 Å². The molecule has 6 heteroatoms. The van der Waals surface area contributed by atoms with E-state index in [0.717, 1.165) is 5.12 Å². The molecule has 0 saturated heterocycles. The van der Waals surface area contributed by atoms with Gasteiger partial charge in [0.1, 0.15) is 0 Å². The Bertz CT molecular complexity index is 94.9. The molecule has 0 atom stereocenters. The maximum absolute atomic E-state index is 5.25. The minimum absolute atomic E-state index is 0.315. The number of rotatable bonds is 0. The Morgan fingerprint density at radius 3 is 1.78 bits per heavy atom. The molecular weight excluding hydrogens is 120 g/mol. The standard InChI is InChI=1S/C3H12N6/c1-7-3(8(2)4)9(5)6/h4-6H2,1-2H3/b7-3+. The fourth-order valence-corrected chi connectivity index (χ4v) is 0.455. The predicted molar refractivity (Wildman–Crippen MR) is 35.5 cm³/mol. The smallest absolute Gasteiger partial charge is 0.240 e. The fraction of sp³-hybridized carbons (Fsp3) is 0.667. The molecule has 0 saturated carbocycles. The first-order valence-electron chi connectivity index (χ1n) is 2.34. The Morgan fingerprint density at radius 1 is 1.33 bits per heavy atom. The quantitative estimate of drug-likeness (QED) is 0.151. The summed E-state index contributed by atoms with van der Waals surface area (Å²) >= 11 is 0. The summed E-state index contributed by atoms with van der Waals surface area (Å²) in [5, 5.41) is 2.07. The lowest BCUT2D eigenvalue weighted by atomic mass is 10.9. The zero-order valence-electron chi connectivity index (χ0n) is 5.57. The van der Waals surface area contributed by atoms with Crippen molar-refractivity contribution >= 4 is 5.96 Å². The van der Waals surface area contributed by atoms with Gasteiger partial charge < -0.3 is 0 Å². The molecule has 0 fully saturated rings. The summed E-state index contributed by atoms with van der Waals surface area (Å²) in [6, 6.07) is 0. The molecule has 6 N–H and O–H groups in total. The highest BCUT2D eigenvalue weighted by molar-refractivity contribution is 5.77. The summed E-state index contributed by atoms with van der Waals surface area (Å²) in [6.07, 6.45) is 0. The second kappa shape index (κ2) is 3.23. The van der Waals surface area contributed by atoms with Gasteiger partial charge in [0.15, 0.2) is 0 Å². The molecule has 0 aliphatic heterocycles. The van der Waals surface area contributed by atoms with Gasteiger partial charge in [-0.2, -0.15) is 0 Å². The lowest BCUT2D eigenvalue weighted by Gasteiger charge is -2.19. The Labute approximate surface area is 53.8 Å². The van der Waals surface area contributed by atoms with Gasteiger partial charge >= 0.3 is 0 Å². The van der Waals surface area contributed by atoms with Gasteiger partial charge in [0.2, 0.25) is 5.96 Å². The van der Waals surface area contributed by atoms with E-state index in [1.54, 1.807) is 14.1 Å². The number of hydrogen-bond acceptors (Lipinski definition) is 4. The van der Waals surface area contributed by atoms with Crippen LogP contribution in [0.2, 0.25) is 0 Å². The molecule has 0 aliphatic carbocycles. The molecule has 0 aromatic carbocycles. The van der Waals surface area contributed by atoms with Crippen LogP contribution in [-0.4, -0.2) is 30.2 Å². The van der Waals surface area contributed by atoms with Gasteiger partial charge in [-0.15, -0.1) is 0 Å². The second-order valence-corrected chi connectivity index (χ2v) is 1.54. The molecule has 6 nitrogen and oxygen atoms in total. The molecular formula is C3H12N6. The van der Waals surface area contributed by atoms with E-state index in [-0.39, 0.29) is 0 Å². The first kappa shape index (κ1) is 8.15. The van der Waals surface area contributed by atoms with E-state index in [1.165, 1.54) is 5.01 Å². The highest BCUT2D eigenvalue weighted by atomic mass is 15.7. The molecule has 54 valence electrons. The summed E-state index contributed by atoms with van der Waals surface area (Å²) in [5.41, 5.74) is 0. The van der Waals surface area contributed by atoms with Gasteiger partial charge in [-0.25, -0.2) is 22.6 Å². The average Bonchev–Trinajstić information content (AvgIpc) is 1.64. The lowest BCUT2D eigenvalue weighted by Crippen LogP contribution is -2.53. The number of hydrazine groups is 3. The Morgan fingerprint density at radius 2 is 1.78 bits per heavy atom. The summed E-state index contributed by atoms with van der Waals surface area (Å²) in [5.74, 6) is 15.8. The highest BCUT2D eigenvalue weighted by Crippen LogP contribution is 1.76. The Balaban J connectivity index is 4.01. The third-order valence-corrected chi connectivity index (χ3v) is 0.746. The minimum atomic E-state index is 0.315. The van der Waals surface area contributed by atoms with Crippen LogP contribution in [0, 0.1) is 0 Å². The van der Waals surface area contributed by atoms with Crippen molar-refractivity contribution in [2.75, 3.05) is 14.1 Å². The number of hydrogen-bond donors (Lipinski definition) is 3. The third-order valence-electron chi connectivity index (χ3n) is 0.746. The van der Waals surface area contributed by atoms with Crippen LogP contribution in [0.15, 0.2) is 4.99 Å². The Hall–Kier alpha value is -0.850. The van der Waals surface area contributed by atoms with Crippen molar-refractivity contribution in [1.29, 1.82) is 0 Å². The van der Waals surface area contributed by atoms with Crippen molar-refractivity contribution in [3.63, 3.8) is 0 Å². The molecule has 9 heavy (non-hydrogen) atoms. The van der Waals surface area contributed by atoms with E-state index < -0.39 is 0 Å². The van der Waals surface area contributed by atoms with E-state index in [1.807, 2.05) is 0 Å². The maximum Gasteiger partial charge on any atom is 0.240 e. The summed E-state index contributed by atoms with van der Waals surface area (Å²) in [4.78, 5) is 3.68. The number of guanidine groups is 1. The molecule has 0 radical (unpaired) electrons. The third kappa shape index (κ3) is 2.27. The second-order valence-electron chi connectivity index (χ2n) is 1.54. The summed E-state index contributed by atoms with van der Waals surface area (Å²) < 4.78 is 0. The molecule has 0 spiro atoms. The van der Waals surface area contributed by atoms with Crippen molar-refractivity contribution in [2.24, 2.45) is 22.5 Å². The first-order valence-corrected chi connectivity index (χ1v) is 2.34. The van der Waals surface area contributed by atoms with Crippen LogP contribution in [0.5, 0.6) is 0 Å². The SMILES string of the molecule is C/N=C(\N(C)N)N(N)N. The largest absolute Gasteiger partial charge is 0.282 e. The fourth-order valence-electron chi connectivity index (χ4n) is 0.455. The topological polar surface area (TPSA) is 96.9 Å². The number of aliphatic imine (C=N–C) groups is 1. The van der Waals surface area contributed by atoms with Gasteiger partial charge in [-0.3, -0.25) is 10.0 Å². The van der Waals surface area contributed by atoms with Gasteiger partial charge in [0.05, 0.1) is 0 Å². The molecule has 0 unspecified atom stereocenters. The monoisotopic (exact) mass is 132 g/mol. The van der Waals surface area contributed by atoms with Gasteiger partial charge in [-0.05, 0) is 0 Å². The predicted octanol–water partition coefficient (Wildman–Crippen LogP) is -2.17. The van der Waals surface area contributed by atoms with Crippen molar-refractivity contribution in [1.82, 2.24) is 10.1 Å². The molecule has 0 aromatic rings. The molecule has 0 amide bonds. The van der Waals surface area contributed by atoms with Crippen LogP contribution in [-0.2, 0) is 0 Å². The molecule has 0 aromatic heterocycles. The van der Waals surface area contributed by atoms with Gasteiger partial charge in [0, 0.05) is 14.1 Å². The van der Waals surface area contributed by atoms with Gasteiger partial charge in [-0.1, -0.05) is 0 Å². The maximum atomic E-state index is 5.25. The minimum Gasteiger partial charge on any atom is -0.282 e. The van der Waals surface area contributed by atoms with E-state index in [4.69, 9.17) is 17.5 Å². The van der Waals surface area contributed by atoms with Crippen molar-refractivity contribution < 1.29 is 0 Å². The van der Waals surface area contributed by atoms with Crippen molar-refractivity contribution in [2.45, 2.75) is 0 Å². The van der Waals surface area contributed by atoms with Crippen molar-refractivity contribution in [3.05, 3.63) is 0 Å². The van der Waals surface area contributed by atoms with Crippen LogP contribution in [0.3, 0.4) is 0 Å². The van der Waals surface area contributed by atoms with E-state index in [0.29, 0.717) is 5.96 Å². The summed E-state index contributed by atoms with van der Waals surface area (Å²) in [6.45, 7) is 0. The van der Waals surface area contributed by atoms with Crippen LogP contribution < -0.4 is 17.5 Å². The zero-order chi connectivity index (χ0) is 7.44. The zero-order valence-corrected chi connectivity index (χ0v) is 5.57. The van der Waals surface area contributed by atoms with E-state index in [9.17, 15) is 0 Å². The first-order chi connectivity index (χ1) is 4.09. The van der Waals surface area contributed by atoms with Gasteiger partial charge in [0.25, 0.3) is 0 Å². The highest BCUT2D eigenvalue weighted by Gasteiger charge is 2.02. The van der Waals surface area contributed by atoms with Crippen LogP contribution in [0.1, 0.15) is 0 Å².